The van der Waals surface area contributed by atoms with Crippen molar-refractivity contribution in [1.29, 1.82) is 0 Å². The molecule has 1 amide bonds. The van der Waals surface area contributed by atoms with Crippen molar-refractivity contribution in [1.82, 2.24) is 9.62 Å². The van der Waals surface area contributed by atoms with Gasteiger partial charge in [0.1, 0.15) is 10.6 Å². The van der Waals surface area contributed by atoms with Gasteiger partial charge in [-0.2, -0.15) is 0 Å². The van der Waals surface area contributed by atoms with Crippen LogP contribution in [0.25, 0.3) is 0 Å². The Bertz CT molecular complexity index is 743. The predicted molar refractivity (Wildman–Crippen MR) is 106 cm³/mol. The fourth-order valence-corrected chi connectivity index (χ4v) is 4.34. The summed E-state index contributed by atoms with van der Waals surface area (Å²) in [5.74, 6) is 0.941. The fourth-order valence-electron chi connectivity index (χ4n) is 3.29. The number of sulfonamides is 1. The number of anilines is 1. The van der Waals surface area contributed by atoms with Crippen molar-refractivity contribution < 1.29 is 17.9 Å². The molecule has 1 saturated heterocycles. The van der Waals surface area contributed by atoms with Crippen LogP contribution in [0.3, 0.4) is 0 Å². The molecule has 152 valence electrons. The van der Waals surface area contributed by atoms with Gasteiger partial charge < -0.3 is 15.4 Å². The van der Waals surface area contributed by atoms with Crippen LogP contribution in [0.15, 0.2) is 23.1 Å². The fraction of sp³-hybridized carbons (Fsp3) is 0.632. The van der Waals surface area contributed by atoms with E-state index in [9.17, 15) is 13.2 Å². The lowest BCUT2D eigenvalue weighted by molar-refractivity contribution is -0.117. The molecule has 0 spiro atoms. The van der Waals surface area contributed by atoms with Gasteiger partial charge in [-0.25, -0.2) is 12.7 Å². The number of ether oxygens (including phenoxy) is 1. The van der Waals surface area contributed by atoms with Crippen molar-refractivity contribution in [2.75, 3.05) is 39.1 Å². The van der Waals surface area contributed by atoms with Crippen LogP contribution in [0, 0.1) is 11.8 Å². The second kappa shape index (κ2) is 9.52. The van der Waals surface area contributed by atoms with Gasteiger partial charge in [0.05, 0.1) is 6.61 Å². The van der Waals surface area contributed by atoms with E-state index in [-0.39, 0.29) is 22.5 Å². The minimum atomic E-state index is -3.68. The maximum absolute atomic E-state index is 12.6. The van der Waals surface area contributed by atoms with Gasteiger partial charge in [-0.05, 0) is 62.9 Å². The second-order valence-electron chi connectivity index (χ2n) is 7.22. The molecule has 1 aromatic rings. The van der Waals surface area contributed by atoms with Crippen LogP contribution < -0.4 is 15.4 Å². The van der Waals surface area contributed by atoms with Gasteiger partial charge in [-0.15, -0.1) is 0 Å². The topological polar surface area (TPSA) is 87.7 Å². The van der Waals surface area contributed by atoms with Gasteiger partial charge in [0.25, 0.3) is 0 Å². The van der Waals surface area contributed by atoms with Crippen molar-refractivity contribution >= 4 is 21.6 Å². The highest BCUT2D eigenvalue weighted by Crippen LogP contribution is 2.30. The summed E-state index contributed by atoms with van der Waals surface area (Å²) in [5.41, 5.74) is 0.456. The lowest BCUT2D eigenvalue weighted by atomic mass is 9.85. The first kappa shape index (κ1) is 21.7. The highest BCUT2D eigenvalue weighted by Gasteiger charge is 2.25. The van der Waals surface area contributed by atoms with Crippen LogP contribution in [-0.4, -0.2) is 52.4 Å². The smallest absolute Gasteiger partial charge is 0.246 e. The molecule has 8 heteroatoms. The lowest BCUT2D eigenvalue weighted by Crippen LogP contribution is -2.34. The number of rotatable bonds is 8. The Kier molecular flexibility index (Phi) is 7.64. The zero-order valence-electron chi connectivity index (χ0n) is 16.6. The number of hydrogen-bond donors (Lipinski definition) is 2. The lowest BCUT2D eigenvalue weighted by Gasteiger charge is -2.28. The van der Waals surface area contributed by atoms with Crippen LogP contribution in [0.4, 0.5) is 5.69 Å². The van der Waals surface area contributed by atoms with Crippen LogP contribution in [0.1, 0.15) is 33.1 Å². The maximum Gasteiger partial charge on any atom is 0.246 e. The zero-order chi connectivity index (χ0) is 20.0. The second-order valence-corrected chi connectivity index (χ2v) is 9.34. The van der Waals surface area contributed by atoms with E-state index in [1.165, 1.54) is 20.2 Å². The SMILES string of the molecule is CCOc1ccc(NC(=O)CC(C)C2CCCNC2)cc1S(=O)(=O)N(C)C. The van der Waals surface area contributed by atoms with Gasteiger partial charge in [-0.1, -0.05) is 6.92 Å². The Morgan fingerprint density at radius 3 is 2.74 bits per heavy atom. The van der Waals surface area contributed by atoms with Gasteiger partial charge in [-0.3, -0.25) is 4.79 Å². The van der Waals surface area contributed by atoms with Crippen LogP contribution >= 0.6 is 0 Å². The molecule has 0 radical (unpaired) electrons. The summed E-state index contributed by atoms with van der Waals surface area (Å²) < 4.78 is 31.7. The van der Waals surface area contributed by atoms with E-state index in [0.29, 0.717) is 24.6 Å². The number of piperidine rings is 1. The molecule has 7 nitrogen and oxygen atoms in total. The minimum Gasteiger partial charge on any atom is -0.492 e. The number of nitrogens with zero attached hydrogens (tertiary/aromatic N) is 1. The molecule has 2 unspecified atom stereocenters. The molecule has 1 fully saturated rings. The summed E-state index contributed by atoms with van der Waals surface area (Å²) >= 11 is 0. The molecule has 1 aliphatic heterocycles. The van der Waals surface area contributed by atoms with E-state index in [1.54, 1.807) is 19.1 Å². The number of carbonyl (C=O) groups is 1. The van der Waals surface area contributed by atoms with E-state index in [2.05, 4.69) is 17.6 Å². The molecule has 27 heavy (non-hydrogen) atoms. The number of amides is 1. The monoisotopic (exact) mass is 397 g/mol. The first-order valence-electron chi connectivity index (χ1n) is 9.45. The summed E-state index contributed by atoms with van der Waals surface area (Å²) in [6.45, 7) is 6.24. The number of benzene rings is 1. The van der Waals surface area contributed by atoms with Crippen molar-refractivity contribution in [2.45, 2.75) is 38.0 Å². The van der Waals surface area contributed by atoms with E-state index in [1.807, 2.05) is 0 Å². The predicted octanol–water partition coefficient (Wildman–Crippen LogP) is 2.30. The van der Waals surface area contributed by atoms with Crippen molar-refractivity contribution in [3.8, 4) is 5.75 Å². The third kappa shape index (κ3) is 5.67. The van der Waals surface area contributed by atoms with Crippen molar-refractivity contribution in [2.24, 2.45) is 11.8 Å². The van der Waals surface area contributed by atoms with Crippen LogP contribution in [0.5, 0.6) is 5.75 Å². The summed E-state index contributed by atoms with van der Waals surface area (Å²) in [6, 6.07) is 4.72. The molecule has 2 rings (SSSR count). The normalized spacial score (nSPS) is 18.9. The number of carbonyl (C=O) groups excluding carboxylic acids is 1. The van der Waals surface area contributed by atoms with Gasteiger partial charge in [0.2, 0.25) is 15.9 Å². The highest BCUT2D eigenvalue weighted by atomic mass is 32.2. The molecule has 0 bridgehead atoms. The molecular formula is C19H31N3O4S. The molecule has 0 aliphatic carbocycles. The minimum absolute atomic E-state index is 0.0525. The Morgan fingerprint density at radius 2 is 2.15 bits per heavy atom. The summed E-state index contributed by atoms with van der Waals surface area (Å²) in [4.78, 5) is 12.5. The Morgan fingerprint density at radius 1 is 1.41 bits per heavy atom. The highest BCUT2D eigenvalue weighted by molar-refractivity contribution is 7.89. The Balaban J connectivity index is 2.12. The molecule has 0 saturated carbocycles. The molecule has 2 N–H and O–H groups in total. The first-order valence-corrected chi connectivity index (χ1v) is 10.9. The van der Waals surface area contributed by atoms with E-state index < -0.39 is 10.0 Å². The summed E-state index contributed by atoms with van der Waals surface area (Å²) in [5, 5.41) is 6.21. The quantitative estimate of drug-likeness (QED) is 0.703. The Labute approximate surface area is 162 Å². The molecular weight excluding hydrogens is 366 g/mol. The Hall–Kier alpha value is -1.64. The van der Waals surface area contributed by atoms with Gasteiger partial charge in [0, 0.05) is 26.2 Å². The summed E-state index contributed by atoms with van der Waals surface area (Å²) in [7, 11) is -0.743. The third-order valence-electron chi connectivity index (χ3n) is 4.93. The zero-order valence-corrected chi connectivity index (χ0v) is 17.4. The number of hydrogen-bond acceptors (Lipinski definition) is 5. The molecule has 1 heterocycles. The van der Waals surface area contributed by atoms with Gasteiger partial charge in [0.15, 0.2) is 0 Å². The van der Waals surface area contributed by atoms with E-state index in [4.69, 9.17) is 4.74 Å². The molecule has 0 aromatic heterocycles. The van der Waals surface area contributed by atoms with Crippen LogP contribution in [-0.2, 0) is 14.8 Å². The van der Waals surface area contributed by atoms with Gasteiger partial charge >= 0.3 is 0 Å². The average molecular weight is 398 g/mol. The average Bonchev–Trinajstić information content (AvgIpc) is 2.63. The molecule has 1 aliphatic rings. The van der Waals surface area contributed by atoms with E-state index in [0.717, 1.165) is 30.2 Å². The summed E-state index contributed by atoms with van der Waals surface area (Å²) in [6.07, 6.45) is 2.69. The van der Waals surface area contributed by atoms with Crippen molar-refractivity contribution in [3.05, 3.63) is 18.2 Å². The first-order chi connectivity index (χ1) is 12.8. The van der Waals surface area contributed by atoms with E-state index >= 15 is 0 Å². The van der Waals surface area contributed by atoms with Crippen molar-refractivity contribution in [3.63, 3.8) is 0 Å². The molecule has 2 atom stereocenters. The number of nitrogens with one attached hydrogen (secondary N) is 2. The standard InChI is InChI=1S/C19H31N3O4S/c1-5-26-17-9-8-16(12-18(17)27(24,25)22(3)4)21-19(23)11-14(2)15-7-6-10-20-13-15/h8-9,12,14-15,20H,5-7,10-11,13H2,1-4H3,(H,21,23). The largest absolute Gasteiger partial charge is 0.492 e. The maximum atomic E-state index is 12.6. The molecule has 1 aromatic carbocycles. The van der Waals surface area contributed by atoms with Crippen LogP contribution in [0.2, 0.25) is 0 Å². The third-order valence-corrected chi connectivity index (χ3v) is 6.77.